The molecule has 0 amide bonds. The predicted molar refractivity (Wildman–Crippen MR) is 83.5 cm³/mol. The summed E-state index contributed by atoms with van der Waals surface area (Å²) in [6.45, 7) is 8.29. The van der Waals surface area contributed by atoms with E-state index < -0.39 is 0 Å². The van der Waals surface area contributed by atoms with Crippen molar-refractivity contribution in [3.05, 3.63) is 12.4 Å². The van der Waals surface area contributed by atoms with Crippen molar-refractivity contribution < 1.29 is 4.74 Å². The SMILES string of the molecule is COCCN1[C@H](C)CN(c2cncc(SC)n2)C[C@@H]1C. The largest absolute Gasteiger partial charge is 0.383 e. The van der Waals surface area contributed by atoms with Crippen LogP contribution in [-0.2, 0) is 4.74 Å². The van der Waals surface area contributed by atoms with E-state index >= 15 is 0 Å². The van der Waals surface area contributed by atoms with E-state index in [2.05, 4.69) is 33.6 Å². The summed E-state index contributed by atoms with van der Waals surface area (Å²) < 4.78 is 5.20. The molecule has 0 N–H and O–H groups in total. The molecule has 2 atom stereocenters. The second-order valence-electron chi connectivity index (χ2n) is 5.25. The fraction of sp³-hybridized carbons (Fsp3) is 0.714. The van der Waals surface area contributed by atoms with Crippen LogP contribution in [-0.4, -0.2) is 66.6 Å². The number of nitrogens with zero attached hydrogens (tertiary/aromatic N) is 4. The van der Waals surface area contributed by atoms with Gasteiger partial charge >= 0.3 is 0 Å². The Morgan fingerprint density at radius 2 is 2.00 bits per heavy atom. The highest BCUT2D eigenvalue weighted by molar-refractivity contribution is 7.98. The molecule has 6 heteroatoms. The molecule has 1 aromatic heterocycles. The molecule has 0 aromatic carbocycles. The maximum absolute atomic E-state index is 5.20. The second kappa shape index (κ2) is 7.24. The Bertz CT molecular complexity index is 419. The van der Waals surface area contributed by atoms with Gasteiger partial charge in [-0.15, -0.1) is 11.8 Å². The molecule has 0 aliphatic carbocycles. The van der Waals surface area contributed by atoms with Crippen LogP contribution in [0, 0.1) is 0 Å². The molecule has 2 heterocycles. The minimum absolute atomic E-state index is 0.494. The molecule has 2 rings (SSSR count). The van der Waals surface area contributed by atoms with Crippen LogP contribution in [0.1, 0.15) is 13.8 Å². The molecule has 0 spiro atoms. The molecule has 1 fully saturated rings. The highest BCUT2D eigenvalue weighted by Crippen LogP contribution is 2.22. The standard InChI is InChI=1S/C14H24N4OS/c1-11-9-17(10-12(2)18(11)5-6-19-3)13-7-15-8-14(16-13)20-4/h7-8,11-12H,5-6,9-10H2,1-4H3/t11-,12+. The molecule has 1 aliphatic rings. The van der Waals surface area contributed by atoms with Crippen LogP contribution < -0.4 is 4.90 Å². The summed E-state index contributed by atoms with van der Waals surface area (Å²) in [7, 11) is 1.76. The highest BCUT2D eigenvalue weighted by atomic mass is 32.2. The van der Waals surface area contributed by atoms with Crippen LogP contribution in [0.25, 0.3) is 0 Å². The van der Waals surface area contributed by atoms with E-state index in [9.17, 15) is 0 Å². The Labute approximate surface area is 125 Å². The number of ether oxygens (including phenoxy) is 1. The summed E-state index contributed by atoms with van der Waals surface area (Å²) in [5.41, 5.74) is 0. The number of methoxy groups -OCH3 is 1. The van der Waals surface area contributed by atoms with Gasteiger partial charge in [0, 0.05) is 38.8 Å². The summed E-state index contributed by atoms with van der Waals surface area (Å²) in [5.74, 6) is 0.988. The lowest BCUT2D eigenvalue weighted by Crippen LogP contribution is -2.57. The second-order valence-corrected chi connectivity index (χ2v) is 6.08. The molecule has 1 aliphatic heterocycles. The number of hydrogen-bond acceptors (Lipinski definition) is 6. The van der Waals surface area contributed by atoms with Gasteiger partial charge in [-0.3, -0.25) is 9.88 Å². The van der Waals surface area contributed by atoms with Crippen LogP contribution in [0.4, 0.5) is 5.82 Å². The quantitative estimate of drug-likeness (QED) is 0.771. The van der Waals surface area contributed by atoms with Gasteiger partial charge in [0.05, 0.1) is 19.0 Å². The summed E-state index contributed by atoms with van der Waals surface area (Å²) in [5, 5.41) is 0.976. The third-order valence-corrected chi connectivity index (χ3v) is 4.40. The van der Waals surface area contributed by atoms with Gasteiger partial charge in [0.1, 0.15) is 10.8 Å². The van der Waals surface area contributed by atoms with Gasteiger partial charge in [0.15, 0.2) is 0 Å². The van der Waals surface area contributed by atoms with Crippen molar-refractivity contribution in [1.82, 2.24) is 14.9 Å². The fourth-order valence-electron chi connectivity index (χ4n) is 2.77. The first-order chi connectivity index (χ1) is 9.65. The maximum Gasteiger partial charge on any atom is 0.148 e. The molecule has 5 nitrogen and oxygen atoms in total. The summed E-state index contributed by atoms with van der Waals surface area (Å²) in [6.07, 6.45) is 5.71. The monoisotopic (exact) mass is 296 g/mol. The van der Waals surface area contributed by atoms with Gasteiger partial charge in [0.2, 0.25) is 0 Å². The molecule has 20 heavy (non-hydrogen) atoms. The van der Waals surface area contributed by atoms with E-state index in [4.69, 9.17) is 4.74 Å². The minimum atomic E-state index is 0.494. The Morgan fingerprint density at radius 3 is 2.60 bits per heavy atom. The summed E-state index contributed by atoms with van der Waals surface area (Å²) in [6, 6.07) is 0.988. The molecule has 0 unspecified atom stereocenters. The normalized spacial score (nSPS) is 24.1. The van der Waals surface area contributed by atoms with E-state index in [-0.39, 0.29) is 0 Å². The van der Waals surface area contributed by atoms with Crippen molar-refractivity contribution in [2.24, 2.45) is 0 Å². The molecule has 0 radical (unpaired) electrons. The van der Waals surface area contributed by atoms with Crippen molar-refractivity contribution in [3.8, 4) is 0 Å². The first kappa shape index (κ1) is 15.5. The van der Waals surface area contributed by atoms with Crippen LogP contribution in [0.5, 0.6) is 0 Å². The first-order valence-corrected chi connectivity index (χ1v) is 8.23. The van der Waals surface area contributed by atoms with E-state index in [0.717, 1.165) is 37.1 Å². The molecular formula is C14H24N4OS. The van der Waals surface area contributed by atoms with Gasteiger partial charge in [-0.2, -0.15) is 0 Å². The number of rotatable bonds is 5. The van der Waals surface area contributed by atoms with Crippen LogP contribution in [0.3, 0.4) is 0 Å². The van der Waals surface area contributed by atoms with Crippen LogP contribution in [0.15, 0.2) is 17.4 Å². The average molecular weight is 296 g/mol. The van der Waals surface area contributed by atoms with E-state index in [1.807, 2.05) is 18.6 Å². The summed E-state index contributed by atoms with van der Waals surface area (Å²) >= 11 is 1.63. The number of piperazine rings is 1. The molecule has 0 bridgehead atoms. The zero-order valence-electron chi connectivity index (χ0n) is 12.7. The molecule has 112 valence electrons. The van der Waals surface area contributed by atoms with Crippen molar-refractivity contribution >= 4 is 17.6 Å². The van der Waals surface area contributed by atoms with Crippen molar-refractivity contribution in [3.63, 3.8) is 0 Å². The number of thioether (sulfide) groups is 1. The lowest BCUT2D eigenvalue weighted by molar-refractivity contribution is 0.0844. The van der Waals surface area contributed by atoms with Crippen LogP contribution in [0.2, 0.25) is 0 Å². The highest BCUT2D eigenvalue weighted by Gasteiger charge is 2.29. The zero-order valence-corrected chi connectivity index (χ0v) is 13.6. The topological polar surface area (TPSA) is 41.5 Å². The van der Waals surface area contributed by atoms with Gasteiger partial charge < -0.3 is 9.64 Å². The van der Waals surface area contributed by atoms with Crippen molar-refractivity contribution in [2.75, 3.05) is 44.5 Å². The lowest BCUT2D eigenvalue weighted by Gasteiger charge is -2.44. The minimum Gasteiger partial charge on any atom is -0.383 e. The fourth-order valence-corrected chi connectivity index (χ4v) is 3.12. The smallest absolute Gasteiger partial charge is 0.148 e. The third-order valence-electron chi connectivity index (χ3n) is 3.79. The van der Waals surface area contributed by atoms with Crippen LogP contribution >= 0.6 is 11.8 Å². The van der Waals surface area contributed by atoms with E-state index in [1.54, 1.807) is 18.9 Å². The van der Waals surface area contributed by atoms with Crippen molar-refractivity contribution in [2.45, 2.75) is 31.0 Å². The van der Waals surface area contributed by atoms with Gasteiger partial charge in [-0.1, -0.05) is 0 Å². The average Bonchev–Trinajstić information content (AvgIpc) is 2.46. The molecule has 0 saturated carbocycles. The van der Waals surface area contributed by atoms with Gasteiger partial charge in [-0.25, -0.2) is 4.98 Å². The zero-order chi connectivity index (χ0) is 14.5. The molecule has 1 aromatic rings. The Balaban J connectivity index is 2.05. The lowest BCUT2D eigenvalue weighted by atomic mass is 10.1. The van der Waals surface area contributed by atoms with Gasteiger partial charge in [0.25, 0.3) is 0 Å². The number of aromatic nitrogens is 2. The molecule has 1 saturated heterocycles. The summed E-state index contributed by atoms with van der Waals surface area (Å²) in [4.78, 5) is 13.8. The van der Waals surface area contributed by atoms with Gasteiger partial charge in [-0.05, 0) is 20.1 Å². The Morgan fingerprint density at radius 1 is 1.30 bits per heavy atom. The first-order valence-electron chi connectivity index (χ1n) is 7.01. The third kappa shape index (κ3) is 3.62. The van der Waals surface area contributed by atoms with E-state index in [1.165, 1.54) is 0 Å². The number of hydrogen-bond donors (Lipinski definition) is 0. The Hall–Kier alpha value is -0.850. The number of anilines is 1. The van der Waals surface area contributed by atoms with E-state index in [0.29, 0.717) is 12.1 Å². The predicted octanol–water partition coefficient (Wildman–Crippen LogP) is 1.74. The Kier molecular flexibility index (Phi) is 5.63. The maximum atomic E-state index is 5.20. The molecular weight excluding hydrogens is 272 g/mol. The van der Waals surface area contributed by atoms with Crippen molar-refractivity contribution in [1.29, 1.82) is 0 Å².